The van der Waals surface area contributed by atoms with Crippen molar-refractivity contribution in [3.8, 4) is 0 Å². The van der Waals surface area contributed by atoms with E-state index >= 15 is 0 Å². The summed E-state index contributed by atoms with van der Waals surface area (Å²) in [7, 11) is 0. The summed E-state index contributed by atoms with van der Waals surface area (Å²) in [4.78, 5) is 25.9. The molecule has 2 heterocycles. The lowest BCUT2D eigenvalue weighted by Gasteiger charge is -2.15. The van der Waals surface area contributed by atoms with Gasteiger partial charge in [-0.05, 0) is 32.1 Å². The van der Waals surface area contributed by atoms with E-state index in [1.165, 1.54) is 0 Å². The van der Waals surface area contributed by atoms with Gasteiger partial charge in [0.25, 0.3) is 5.91 Å². The molecule has 2 aliphatic rings. The summed E-state index contributed by atoms with van der Waals surface area (Å²) < 4.78 is 5.23. The SMILES string of the molecule is O=C(NCCC(=O)N1CCCC1)c1noc2c1CCCC2. The van der Waals surface area contributed by atoms with Gasteiger partial charge in [-0.3, -0.25) is 9.59 Å². The zero-order valence-corrected chi connectivity index (χ0v) is 12.2. The summed E-state index contributed by atoms with van der Waals surface area (Å²) in [6.07, 6.45) is 6.41. The molecule has 1 aromatic heterocycles. The molecule has 6 heteroatoms. The molecule has 3 rings (SSSR count). The summed E-state index contributed by atoms with van der Waals surface area (Å²) in [6.45, 7) is 2.06. The van der Waals surface area contributed by atoms with Crippen molar-refractivity contribution in [3.05, 3.63) is 17.0 Å². The number of aryl methyl sites for hydroxylation is 1. The molecule has 1 fully saturated rings. The maximum Gasteiger partial charge on any atom is 0.273 e. The van der Waals surface area contributed by atoms with Crippen molar-refractivity contribution in [3.63, 3.8) is 0 Å². The van der Waals surface area contributed by atoms with Crippen LogP contribution in [0.3, 0.4) is 0 Å². The number of fused-ring (bicyclic) bond motifs is 1. The van der Waals surface area contributed by atoms with Gasteiger partial charge in [0.05, 0.1) is 0 Å². The first-order valence-corrected chi connectivity index (χ1v) is 7.79. The number of aromatic nitrogens is 1. The number of amides is 2. The van der Waals surface area contributed by atoms with E-state index < -0.39 is 0 Å². The van der Waals surface area contributed by atoms with Gasteiger partial charge < -0.3 is 14.7 Å². The fourth-order valence-electron chi connectivity index (χ4n) is 3.05. The quantitative estimate of drug-likeness (QED) is 0.907. The average Bonchev–Trinajstić information content (AvgIpc) is 3.16. The highest BCUT2D eigenvalue weighted by molar-refractivity contribution is 5.94. The molecule has 0 spiro atoms. The second-order valence-corrected chi connectivity index (χ2v) is 5.73. The van der Waals surface area contributed by atoms with Crippen LogP contribution in [-0.2, 0) is 17.6 Å². The predicted molar refractivity (Wildman–Crippen MR) is 75.9 cm³/mol. The fraction of sp³-hybridized carbons (Fsp3) is 0.667. The van der Waals surface area contributed by atoms with Crippen LogP contribution >= 0.6 is 0 Å². The van der Waals surface area contributed by atoms with E-state index in [-0.39, 0.29) is 11.8 Å². The Morgan fingerprint density at radius 2 is 1.90 bits per heavy atom. The lowest BCUT2D eigenvalue weighted by Crippen LogP contribution is -2.33. The molecule has 0 aromatic carbocycles. The second-order valence-electron chi connectivity index (χ2n) is 5.73. The molecule has 0 bridgehead atoms. The third-order valence-electron chi connectivity index (χ3n) is 4.25. The number of hydrogen-bond donors (Lipinski definition) is 1. The maximum absolute atomic E-state index is 12.1. The minimum Gasteiger partial charge on any atom is -0.360 e. The van der Waals surface area contributed by atoms with Crippen LogP contribution in [0.5, 0.6) is 0 Å². The third kappa shape index (κ3) is 3.09. The van der Waals surface area contributed by atoms with Gasteiger partial charge in [0.15, 0.2) is 5.69 Å². The molecule has 114 valence electrons. The largest absolute Gasteiger partial charge is 0.360 e. The monoisotopic (exact) mass is 291 g/mol. The number of hydrogen-bond acceptors (Lipinski definition) is 4. The molecular formula is C15H21N3O3. The van der Waals surface area contributed by atoms with Gasteiger partial charge in [0.2, 0.25) is 5.91 Å². The summed E-state index contributed by atoms with van der Waals surface area (Å²) in [5, 5.41) is 6.67. The van der Waals surface area contributed by atoms with Crippen LogP contribution in [-0.4, -0.2) is 41.5 Å². The maximum atomic E-state index is 12.1. The first-order valence-electron chi connectivity index (χ1n) is 7.79. The molecule has 2 amide bonds. The van der Waals surface area contributed by atoms with E-state index in [9.17, 15) is 9.59 Å². The van der Waals surface area contributed by atoms with Gasteiger partial charge in [0, 0.05) is 38.0 Å². The van der Waals surface area contributed by atoms with Crippen molar-refractivity contribution in [1.82, 2.24) is 15.4 Å². The van der Waals surface area contributed by atoms with Gasteiger partial charge in [-0.2, -0.15) is 0 Å². The number of likely N-dealkylation sites (tertiary alicyclic amines) is 1. The molecule has 0 unspecified atom stereocenters. The Morgan fingerprint density at radius 3 is 2.71 bits per heavy atom. The highest BCUT2D eigenvalue weighted by atomic mass is 16.5. The van der Waals surface area contributed by atoms with E-state index in [0.717, 1.165) is 62.9 Å². The molecule has 0 atom stereocenters. The number of rotatable bonds is 4. The van der Waals surface area contributed by atoms with Crippen molar-refractivity contribution in [2.75, 3.05) is 19.6 Å². The van der Waals surface area contributed by atoms with Crippen molar-refractivity contribution in [2.45, 2.75) is 44.9 Å². The lowest BCUT2D eigenvalue weighted by atomic mass is 9.96. The minimum atomic E-state index is -0.226. The zero-order chi connectivity index (χ0) is 14.7. The predicted octanol–water partition coefficient (Wildman–Crippen LogP) is 1.30. The van der Waals surface area contributed by atoms with Crippen molar-refractivity contribution in [1.29, 1.82) is 0 Å². The Labute approximate surface area is 123 Å². The molecule has 1 aromatic rings. The van der Waals surface area contributed by atoms with Crippen molar-refractivity contribution < 1.29 is 14.1 Å². The van der Waals surface area contributed by atoms with Gasteiger partial charge in [-0.15, -0.1) is 0 Å². The van der Waals surface area contributed by atoms with Crippen molar-refractivity contribution >= 4 is 11.8 Å². The number of nitrogens with one attached hydrogen (secondary N) is 1. The zero-order valence-electron chi connectivity index (χ0n) is 12.2. The third-order valence-corrected chi connectivity index (χ3v) is 4.25. The number of carbonyl (C=O) groups is 2. The first-order chi connectivity index (χ1) is 10.3. The van der Waals surface area contributed by atoms with Crippen LogP contribution in [0.4, 0.5) is 0 Å². The van der Waals surface area contributed by atoms with Crippen LogP contribution in [0.25, 0.3) is 0 Å². The normalized spacial score (nSPS) is 17.6. The topological polar surface area (TPSA) is 75.4 Å². The van der Waals surface area contributed by atoms with Crippen LogP contribution in [0.1, 0.15) is 53.9 Å². The molecule has 21 heavy (non-hydrogen) atoms. The Morgan fingerprint density at radius 1 is 1.14 bits per heavy atom. The fourth-order valence-corrected chi connectivity index (χ4v) is 3.05. The summed E-state index contributed by atoms with van der Waals surface area (Å²) in [6, 6.07) is 0. The lowest BCUT2D eigenvalue weighted by molar-refractivity contribution is -0.129. The van der Waals surface area contributed by atoms with E-state index in [2.05, 4.69) is 10.5 Å². The van der Waals surface area contributed by atoms with E-state index in [0.29, 0.717) is 18.7 Å². The van der Waals surface area contributed by atoms with Gasteiger partial charge in [-0.25, -0.2) is 0 Å². The van der Waals surface area contributed by atoms with E-state index in [4.69, 9.17) is 4.52 Å². The van der Waals surface area contributed by atoms with E-state index in [1.54, 1.807) is 0 Å². The molecule has 1 saturated heterocycles. The smallest absolute Gasteiger partial charge is 0.273 e. The number of nitrogens with zero attached hydrogens (tertiary/aromatic N) is 2. The summed E-state index contributed by atoms with van der Waals surface area (Å²) >= 11 is 0. The Bertz CT molecular complexity index is 532. The highest BCUT2D eigenvalue weighted by Crippen LogP contribution is 2.24. The van der Waals surface area contributed by atoms with Gasteiger partial charge in [0.1, 0.15) is 5.76 Å². The standard InChI is InChI=1S/C15H21N3O3/c19-13(18-9-3-4-10-18)7-8-16-15(20)14-11-5-1-2-6-12(11)21-17-14/h1-10H2,(H,16,20). The molecule has 1 N–H and O–H groups in total. The Kier molecular flexibility index (Phi) is 4.22. The minimum absolute atomic E-state index is 0.120. The first kappa shape index (κ1) is 14.1. The van der Waals surface area contributed by atoms with Crippen LogP contribution in [0.15, 0.2) is 4.52 Å². The summed E-state index contributed by atoms with van der Waals surface area (Å²) in [5.74, 6) is 0.741. The average molecular weight is 291 g/mol. The van der Waals surface area contributed by atoms with Crippen molar-refractivity contribution in [2.24, 2.45) is 0 Å². The molecule has 1 aliphatic carbocycles. The Hall–Kier alpha value is -1.85. The van der Waals surface area contributed by atoms with E-state index in [1.807, 2.05) is 4.90 Å². The molecule has 0 saturated carbocycles. The van der Waals surface area contributed by atoms with Crippen LogP contribution in [0, 0.1) is 0 Å². The Balaban J connectivity index is 1.50. The summed E-state index contributed by atoms with van der Waals surface area (Å²) in [5.41, 5.74) is 1.35. The molecule has 6 nitrogen and oxygen atoms in total. The van der Waals surface area contributed by atoms with Gasteiger partial charge in [-0.1, -0.05) is 5.16 Å². The van der Waals surface area contributed by atoms with Crippen LogP contribution < -0.4 is 5.32 Å². The van der Waals surface area contributed by atoms with Gasteiger partial charge >= 0.3 is 0 Å². The molecular weight excluding hydrogens is 270 g/mol. The van der Waals surface area contributed by atoms with Crippen LogP contribution in [0.2, 0.25) is 0 Å². The molecule has 0 radical (unpaired) electrons. The second kappa shape index (κ2) is 6.28. The number of carbonyl (C=O) groups excluding carboxylic acids is 2. The highest BCUT2D eigenvalue weighted by Gasteiger charge is 2.24. The molecule has 1 aliphatic heterocycles.